The molecule has 0 fully saturated rings. The standard InChI is InChI=1S/C16H20N2O2/c1-11-4-6-15(19)14(8-11)12(2)17-9-13-5-7-16(20-3)18-10-13/h4-8,10,12,17,19H,9H2,1-3H3. The van der Waals surface area contributed by atoms with E-state index in [2.05, 4.69) is 10.3 Å². The first kappa shape index (κ1) is 14.3. The largest absolute Gasteiger partial charge is 0.508 e. The van der Waals surface area contributed by atoms with E-state index in [0.29, 0.717) is 18.2 Å². The first-order valence-corrected chi connectivity index (χ1v) is 6.62. The van der Waals surface area contributed by atoms with Crippen molar-refractivity contribution in [2.45, 2.75) is 26.4 Å². The average molecular weight is 272 g/mol. The zero-order valence-electron chi connectivity index (χ0n) is 12.1. The van der Waals surface area contributed by atoms with Gasteiger partial charge in [-0.15, -0.1) is 0 Å². The molecule has 1 atom stereocenters. The highest BCUT2D eigenvalue weighted by molar-refractivity contribution is 5.37. The summed E-state index contributed by atoms with van der Waals surface area (Å²) < 4.78 is 5.03. The van der Waals surface area contributed by atoms with Gasteiger partial charge in [0, 0.05) is 30.4 Å². The smallest absolute Gasteiger partial charge is 0.212 e. The summed E-state index contributed by atoms with van der Waals surface area (Å²) in [7, 11) is 1.60. The monoisotopic (exact) mass is 272 g/mol. The molecule has 4 nitrogen and oxygen atoms in total. The van der Waals surface area contributed by atoms with Crippen LogP contribution in [0.4, 0.5) is 0 Å². The van der Waals surface area contributed by atoms with E-state index in [1.54, 1.807) is 19.4 Å². The van der Waals surface area contributed by atoms with Gasteiger partial charge in [0.2, 0.25) is 5.88 Å². The van der Waals surface area contributed by atoms with Gasteiger partial charge in [0.15, 0.2) is 0 Å². The molecule has 0 radical (unpaired) electrons. The number of hydrogen-bond acceptors (Lipinski definition) is 4. The molecule has 2 N–H and O–H groups in total. The second kappa shape index (κ2) is 6.39. The summed E-state index contributed by atoms with van der Waals surface area (Å²) in [6.07, 6.45) is 1.79. The van der Waals surface area contributed by atoms with Gasteiger partial charge in [-0.05, 0) is 25.5 Å². The van der Waals surface area contributed by atoms with Gasteiger partial charge < -0.3 is 15.2 Å². The van der Waals surface area contributed by atoms with Crippen molar-refractivity contribution in [3.63, 3.8) is 0 Å². The molecule has 0 amide bonds. The number of ether oxygens (including phenoxy) is 1. The molecule has 0 spiro atoms. The number of aromatic hydroxyl groups is 1. The van der Waals surface area contributed by atoms with E-state index >= 15 is 0 Å². The van der Waals surface area contributed by atoms with E-state index < -0.39 is 0 Å². The number of benzene rings is 1. The van der Waals surface area contributed by atoms with Crippen molar-refractivity contribution in [1.82, 2.24) is 10.3 Å². The number of aryl methyl sites for hydroxylation is 1. The van der Waals surface area contributed by atoms with Crippen molar-refractivity contribution in [1.29, 1.82) is 0 Å². The summed E-state index contributed by atoms with van der Waals surface area (Å²) in [6.45, 7) is 4.74. The number of nitrogens with zero attached hydrogens (tertiary/aromatic N) is 1. The molecule has 0 aliphatic heterocycles. The Hall–Kier alpha value is -2.07. The molecule has 1 unspecified atom stereocenters. The quantitative estimate of drug-likeness (QED) is 0.878. The summed E-state index contributed by atoms with van der Waals surface area (Å²) in [5.41, 5.74) is 3.12. The number of pyridine rings is 1. The number of methoxy groups -OCH3 is 1. The zero-order valence-corrected chi connectivity index (χ0v) is 12.1. The van der Waals surface area contributed by atoms with Gasteiger partial charge in [-0.3, -0.25) is 0 Å². The van der Waals surface area contributed by atoms with Gasteiger partial charge in [0.05, 0.1) is 7.11 Å². The molecule has 1 aromatic carbocycles. The van der Waals surface area contributed by atoms with Crippen LogP contribution in [-0.2, 0) is 6.54 Å². The highest BCUT2D eigenvalue weighted by atomic mass is 16.5. The summed E-state index contributed by atoms with van der Waals surface area (Å²) >= 11 is 0. The zero-order chi connectivity index (χ0) is 14.5. The van der Waals surface area contributed by atoms with E-state index in [1.165, 1.54) is 0 Å². The molecular formula is C16H20N2O2. The molecule has 0 saturated heterocycles. The van der Waals surface area contributed by atoms with Crippen LogP contribution >= 0.6 is 0 Å². The lowest BCUT2D eigenvalue weighted by atomic mass is 10.0. The second-order valence-corrected chi connectivity index (χ2v) is 4.87. The molecule has 0 aliphatic carbocycles. The Bertz CT molecular complexity index is 567. The van der Waals surface area contributed by atoms with E-state index in [0.717, 1.165) is 16.7 Å². The van der Waals surface area contributed by atoms with Gasteiger partial charge >= 0.3 is 0 Å². The summed E-state index contributed by atoms with van der Waals surface area (Å²) in [5.74, 6) is 0.932. The van der Waals surface area contributed by atoms with Crippen LogP contribution in [0.15, 0.2) is 36.5 Å². The summed E-state index contributed by atoms with van der Waals surface area (Å²) in [6, 6.07) is 9.51. The molecule has 4 heteroatoms. The molecule has 106 valence electrons. The van der Waals surface area contributed by atoms with Crippen LogP contribution in [0.1, 0.15) is 29.7 Å². The minimum absolute atomic E-state index is 0.0667. The van der Waals surface area contributed by atoms with Crippen LogP contribution in [0.2, 0.25) is 0 Å². The maximum Gasteiger partial charge on any atom is 0.212 e. The fourth-order valence-electron chi connectivity index (χ4n) is 2.04. The van der Waals surface area contributed by atoms with Crippen LogP contribution in [0.3, 0.4) is 0 Å². The van der Waals surface area contributed by atoms with Crippen molar-refractivity contribution >= 4 is 0 Å². The molecule has 2 aromatic rings. The lowest BCUT2D eigenvalue weighted by molar-refractivity contribution is 0.397. The number of hydrogen-bond donors (Lipinski definition) is 2. The fraction of sp³-hybridized carbons (Fsp3) is 0.312. The third kappa shape index (κ3) is 3.48. The van der Waals surface area contributed by atoms with Gasteiger partial charge in [0.1, 0.15) is 5.75 Å². The van der Waals surface area contributed by atoms with Gasteiger partial charge in [-0.1, -0.05) is 23.8 Å². The van der Waals surface area contributed by atoms with Gasteiger partial charge in [0.25, 0.3) is 0 Å². The lowest BCUT2D eigenvalue weighted by Gasteiger charge is -2.16. The highest BCUT2D eigenvalue weighted by Gasteiger charge is 2.10. The molecule has 1 aromatic heterocycles. The third-order valence-electron chi connectivity index (χ3n) is 3.27. The van der Waals surface area contributed by atoms with Crippen LogP contribution < -0.4 is 10.1 Å². The Kier molecular flexibility index (Phi) is 4.58. The molecule has 0 aliphatic rings. The number of rotatable bonds is 5. The van der Waals surface area contributed by atoms with Crippen LogP contribution in [0.5, 0.6) is 11.6 Å². The first-order valence-electron chi connectivity index (χ1n) is 6.62. The van der Waals surface area contributed by atoms with E-state index in [-0.39, 0.29) is 6.04 Å². The minimum Gasteiger partial charge on any atom is -0.508 e. The van der Waals surface area contributed by atoms with Gasteiger partial charge in [-0.25, -0.2) is 4.98 Å². The molecule has 0 saturated carbocycles. The van der Waals surface area contributed by atoms with Crippen molar-refractivity contribution in [2.24, 2.45) is 0 Å². The first-order chi connectivity index (χ1) is 9.60. The average Bonchev–Trinajstić information content (AvgIpc) is 2.47. The highest BCUT2D eigenvalue weighted by Crippen LogP contribution is 2.25. The number of nitrogens with one attached hydrogen (secondary N) is 1. The molecule has 20 heavy (non-hydrogen) atoms. The van der Waals surface area contributed by atoms with Gasteiger partial charge in [-0.2, -0.15) is 0 Å². The third-order valence-corrected chi connectivity index (χ3v) is 3.27. The maximum atomic E-state index is 9.90. The van der Waals surface area contributed by atoms with E-state index in [9.17, 15) is 5.11 Å². The molecule has 1 heterocycles. The van der Waals surface area contributed by atoms with Crippen LogP contribution in [-0.4, -0.2) is 17.2 Å². The van der Waals surface area contributed by atoms with Crippen LogP contribution in [0, 0.1) is 6.92 Å². The second-order valence-electron chi connectivity index (χ2n) is 4.87. The fourth-order valence-corrected chi connectivity index (χ4v) is 2.04. The van der Waals surface area contributed by atoms with E-state index in [1.807, 2.05) is 38.1 Å². The normalized spacial score (nSPS) is 12.2. The molecule has 2 rings (SSSR count). The Labute approximate surface area is 119 Å². The minimum atomic E-state index is 0.0667. The number of phenolic OH excluding ortho intramolecular Hbond substituents is 1. The molecular weight excluding hydrogens is 252 g/mol. The van der Waals surface area contributed by atoms with Crippen molar-refractivity contribution in [2.75, 3.05) is 7.11 Å². The SMILES string of the molecule is COc1ccc(CNC(C)c2cc(C)ccc2O)cn1. The van der Waals surface area contributed by atoms with E-state index in [4.69, 9.17) is 4.74 Å². The van der Waals surface area contributed by atoms with Crippen molar-refractivity contribution in [3.8, 4) is 11.6 Å². The van der Waals surface area contributed by atoms with Crippen molar-refractivity contribution < 1.29 is 9.84 Å². The maximum absolute atomic E-state index is 9.90. The Morgan fingerprint density at radius 2 is 2.10 bits per heavy atom. The van der Waals surface area contributed by atoms with Crippen molar-refractivity contribution in [3.05, 3.63) is 53.2 Å². The lowest BCUT2D eigenvalue weighted by Crippen LogP contribution is -2.18. The number of aromatic nitrogens is 1. The predicted molar refractivity (Wildman–Crippen MR) is 78.9 cm³/mol. The Morgan fingerprint density at radius 1 is 1.30 bits per heavy atom. The topological polar surface area (TPSA) is 54.4 Å². The number of phenols is 1. The predicted octanol–water partition coefficient (Wildman–Crippen LogP) is 2.96. The summed E-state index contributed by atoms with van der Waals surface area (Å²) in [4.78, 5) is 4.17. The summed E-state index contributed by atoms with van der Waals surface area (Å²) in [5, 5.41) is 13.3. The Morgan fingerprint density at radius 3 is 2.75 bits per heavy atom. The molecule has 0 bridgehead atoms. The van der Waals surface area contributed by atoms with Crippen LogP contribution in [0.25, 0.3) is 0 Å². The Balaban J connectivity index is 2.00.